The summed E-state index contributed by atoms with van der Waals surface area (Å²) in [7, 11) is 1.76. The van der Waals surface area contributed by atoms with Gasteiger partial charge >= 0.3 is 0 Å². The third kappa shape index (κ3) is 1.10. The second kappa shape index (κ2) is 2.81. The number of hydrogen-bond donors (Lipinski definition) is 0. The van der Waals surface area contributed by atoms with Gasteiger partial charge < -0.3 is 4.57 Å². The van der Waals surface area contributed by atoms with E-state index in [0.29, 0.717) is 22.8 Å². The lowest BCUT2D eigenvalue weighted by Gasteiger charge is -1.94. The Hall–Kier alpha value is -1.42. The molecule has 0 bridgehead atoms. The summed E-state index contributed by atoms with van der Waals surface area (Å²) in [5, 5.41) is 0.321. The maximum atomic E-state index is 10.6. The third-order valence-electron chi connectivity index (χ3n) is 1.90. The van der Waals surface area contributed by atoms with Gasteiger partial charge in [-0.15, -0.1) is 0 Å². The van der Waals surface area contributed by atoms with E-state index in [1.807, 2.05) is 0 Å². The summed E-state index contributed by atoms with van der Waals surface area (Å²) >= 11 is 5.80. The SMILES string of the molecule is Cn1c(C=O)nc2c(Cl)nccc21. The molecule has 0 aliphatic heterocycles. The van der Waals surface area contributed by atoms with Crippen LogP contribution in [0.3, 0.4) is 0 Å². The molecule has 2 aromatic rings. The van der Waals surface area contributed by atoms with Gasteiger partial charge in [0.2, 0.25) is 0 Å². The Bertz CT molecular complexity index is 477. The van der Waals surface area contributed by atoms with Gasteiger partial charge in [-0.25, -0.2) is 9.97 Å². The molecule has 2 aromatic heterocycles. The van der Waals surface area contributed by atoms with Crippen LogP contribution in [0.4, 0.5) is 0 Å². The molecule has 2 rings (SSSR count). The van der Waals surface area contributed by atoms with Crippen molar-refractivity contribution in [2.24, 2.45) is 7.05 Å². The fourth-order valence-corrected chi connectivity index (χ4v) is 1.41. The second-order valence-corrected chi connectivity index (χ2v) is 2.97. The fraction of sp³-hybridized carbons (Fsp3) is 0.125. The summed E-state index contributed by atoms with van der Waals surface area (Å²) < 4.78 is 1.68. The van der Waals surface area contributed by atoms with Crippen LogP contribution in [0.15, 0.2) is 12.3 Å². The van der Waals surface area contributed by atoms with Crippen LogP contribution in [0.5, 0.6) is 0 Å². The number of aldehydes is 1. The smallest absolute Gasteiger partial charge is 0.185 e. The summed E-state index contributed by atoms with van der Waals surface area (Å²) in [4.78, 5) is 18.5. The molecule has 0 fully saturated rings. The highest BCUT2D eigenvalue weighted by atomic mass is 35.5. The largest absolute Gasteiger partial charge is 0.325 e. The van der Waals surface area contributed by atoms with E-state index in [1.54, 1.807) is 23.9 Å². The Morgan fingerprint density at radius 2 is 2.38 bits per heavy atom. The van der Waals surface area contributed by atoms with Crippen LogP contribution in [0, 0.1) is 0 Å². The van der Waals surface area contributed by atoms with Crippen molar-refractivity contribution in [3.05, 3.63) is 23.2 Å². The summed E-state index contributed by atoms with van der Waals surface area (Å²) in [6.07, 6.45) is 2.28. The minimum Gasteiger partial charge on any atom is -0.325 e. The van der Waals surface area contributed by atoms with E-state index in [0.717, 1.165) is 5.52 Å². The first-order valence-corrected chi connectivity index (χ1v) is 4.04. The van der Waals surface area contributed by atoms with Crippen LogP contribution in [0.2, 0.25) is 5.15 Å². The zero-order valence-corrected chi connectivity index (χ0v) is 7.62. The Morgan fingerprint density at radius 1 is 1.62 bits per heavy atom. The summed E-state index contributed by atoms with van der Waals surface area (Å²) in [6, 6.07) is 1.77. The van der Waals surface area contributed by atoms with Gasteiger partial charge in [0.25, 0.3) is 0 Å². The lowest BCUT2D eigenvalue weighted by molar-refractivity contribution is 0.111. The molecule has 5 heteroatoms. The van der Waals surface area contributed by atoms with Gasteiger partial charge in [-0.3, -0.25) is 4.79 Å². The number of pyridine rings is 1. The fourth-order valence-electron chi connectivity index (χ4n) is 1.21. The van der Waals surface area contributed by atoms with Gasteiger partial charge in [-0.1, -0.05) is 11.6 Å². The monoisotopic (exact) mass is 195 g/mol. The standard InChI is InChI=1S/C8H6ClN3O/c1-12-5-2-3-10-8(9)7(5)11-6(12)4-13/h2-4H,1H3. The van der Waals surface area contributed by atoms with Gasteiger partial charge in [-0.2, -0.15) is 0 Å². The normalized spacial score (nSPS) is 10.6. The van der Waals surface area contributed by atoms with Crippen molar-refractivity contribution in [1.29, 1.82) is 0 Å². The van der Waals surface area contributed by atoms with Crippen molar-refractivity contribution in [3.63, 3.8) is 0 Å². The van der Waals surface area contributed by atoms with Gasteiger partial charge in [0.1, 0.15) is 5.52 Å². The van der Waals surface area contributed by atoms with Gasteiger partial charge in [0.05, 0.1) is 5.52 Å². The van der Waals surface area contributed by atoms with Crippen molar-refractivity contribution in [2.75, 3.05) is 0 Å². The van der Waals surface area contributed by atoms with Crippen LogP contribution >= 0.6 is 11.6 Å². The van der Waals surface area contributed by atoms with Crippen molar-refractivity contribution in [1.82, 2.24) is 14.5 Å². The molecule has 0 saturated heterocycles. The molecule has 0 radical (unpaired) electrons. The lowest BCUT2D eigenvalue weighted by Crippen LogP contribution is -1.94. The molecule has 0 N–H and O–H groups in total. The molecular formula is C8H6ClN3O. The molecule has 4 nitrogen and oxygen atoms in total. The summed E-state index contributed by atoms with van der Waals surface area (Å²) in [6.45, 7) is 0. The van der Waals surface area contributed by atoms with E-state index in [9.17, 15) is 4.79 Å². The minimum absolute atomic E-state index is 0.321. The average Bonchev–Trinajstić information content (AvgIpc) is 2.45. The Labute approximate surface area is 79.2 Å². The zero-order valence-electron chi connectivity index (χ0n) is 6.86. The van der Waals surface area contributed by atoms with E-state index >= 15 is 0 Å². The topological polar surface area (TPSA) is 47.8 Å². The third-order valence-corrected chi connectivity index (χ3v) is 2.17. The quantitative estimate of drug-likeness (QED) is 0.511. The van der Waals surface area contributed by atoms with E-state index in [2.05, 4.69) is 9.97 Å². The number of aryl methyl sites for hydroxylation is 1. The zero-order chi connectivity index (χ0) is 9.42. The molecule has 0 unspecified atom stereocenters. The van der Waals surface area contributed by atoms with Crippen molar-refractivity contribution >= 4 is 28.9 Å². The first kappa shape index (κ1) is 8.19. The molecule has 0 aliphatic rings. The van der Waals surface area contributed by atoms with Crippen LogP contribution in [0.25, 0.3) is 11.0 Å². The molecule has 0 aliphatic carbocycles. The molecule has 0 amide bonds. The number of aromatic nitrogens is 3. The lowest BCUT2D eigenvalue weighted by atomic mass is 10.4. The highest BCUT2D eigenvalue weighted by Crippen LogP contribution is 2.19. The second-order valence-electron chi connectivity index (χ2n) is 2.62. The number of nitrogens with zero attached hydrogens (tertiary/aromatic N) is 3. The molecule has 0 aromatic carbocycles. The average molecular weight is 196 g/mol. The molecule has 13 heavy (non-hydrogen) atoms. The van der Waals surface area contributed by atoms with Crippen molar-refractivity contribution in [2.45, 2.75) is 0 Å². The Kier molecular flexibility index (Phi) is 1.77. The number of halogens is 1. The first-order chi connectivity index (χ1) is 6.24. The van der Waals surface area contributed by atoms with Crippen molar-refractivity contribution in [3.8, 4) is 0 Å². The molecule has 66 valence electrons. The number of imidazole rings is 1. The molecule has 2 heterocycles. The van der Waals surface area contributed by atoms with E-state index in [4.69, 9.17) is 11.6 Å². The summed E-state index contributed by atoms with van der Waals surface area (Å²) in [5.41, 5.74) is 1.37. The van der Waals surface area contributed by atoms with Gasteiger partial charge in [0.15, 0.2) is 17.3 Å². The van der Waals surface area contributed by atoms with Crippen LogP contribution in [0.1, 0.15) is 10.6 Å². The molecule has 0 spiro atoms. The highest BCUT2D eigenvalue weighted by molar-refractivity contribution is 6.33. The predicted molar refractivity (Wildman–Crippen MR) is 48.9 cm³/mol. The first-order valence-electron chi connectivity index (χ1n) is 3.66. The number of carbonyl (C=O) groups excluding carboxylic acids is 1. The number of rotatable bonds is 1. The van der Waals surface area contributed by atoms with Crippen LogP contribution in [-0.4, -0.2) is 20.8 Å². The molecular weight excluding hydrogens is 190 g/mol. The molecule has 0 saturated carbocycles. The van der Waals surface area contributed by atoms with E-state index in [-0.39, 0.29) is 0 Å². The van der Waals surface area contributed by atoms with E-state index in [1.165, 1.54) is 0 Å². The van der Waals surface area contributed by atoms with Crippen molar-refractivity contribution < 1.29 is 4.79 Å². The number of hydrogen-bond acceptors (Lipinski definition) is 3. The van der Waals surface area contributed by atoms with Crippen LogP contribution in [-0.2, 0) is 7.05 Å². The van der Waals surface area contributed by atoms with Crippen LogP contribution < -0.4 is 0 Å². The maximum absolute atomic E-state index is 10.6. The Balaban J connectivity index is 2.91. The predicted octanol–water partition coefficient (Wildman–Crippen LogP) is 1.43. The maximum Gasteiger partial charge on any atom is 0.185 e. The highest BCUT2D eigenvalue weighted by Gasteiger charge is 2.09. The Morgan fingerprint density at radius 3 is 3.00 bits per heavy atom. The molecule has 0 atom stereocenters. The van der Waals surface area contributed by atoms with Gasteiger partial charge in [-0.05, 0) is 6.07 Å². The summed E-state index contributed by atoms with van der Waals surface area (Å²) in [5.74, 6) is 0.352. The number of fused-ring (bicyclic) bond motifs is 1. The van der Waals surface area contributed by atoms with E-state index < -0.39 is 0 Å². The number of carbonyl (C=O) groups is 1. The minimum atomic E-state index is 0.321. The van der Waals surface area contributed by atoms with Gasteiger partial charge in [0, 0.05) is 13.2 Å².